The molecular weight excluding hydrogens is 248 g/mol. The van der Waals surface area contributed by atoms with Crippen molar-refractivity contribution in [3.8, 4) is 0 Å². The van der Waals surface area contributed by atoms with Gasteiger partial charge in [0.15, 0.2) is 0 Å². The predicted molar refractivity (Wildman–Crippen MR) is 74.6 cm³/mol. The van der Waals surface area contributed by atoms with Crippen LogP contribution in [-0.2, 0) is 9.53 Å². The van der Waals surface area contributed by atoms with Crippen molar-refractivity contribution in [2.75, 3.05) is 18.1 Å². The Labute approximate surface area is 112 Å². The molecule has 1 saturated heterocycles. The van der Waals surface area contributed by atoms with Crippen LogP contribution in [0.2, 0.25) is 0 Å². The number of esters is 1. The highest BCUT2D eigenvalue weighted by Gasteiger charge is 2.32. The molecule has 5 heteroatoms. The largest absolute Gasteiger partial charge is 0.464 e. The van der Waals surface area contributed by atoms with Crippen molar-refractivity contribution < 1.29 is 9.53 Å². The van der Waals surface area contributed by atoms with Crippen LogP contribution in [-0.4, -0.2) is 30.2 Å². The summed E-state index contributed by atoms with van der Waals surface area (Å²) in [4.78, 5) is 14.2. The summed E-state index contributed by atoms with van der Waals surface area (Å²) in [5.74, 6) is -0.165. The average Bonchev–Trinajstić information content (AvgIpc) is 2.77. The number of benzene rings is 1. The van der Waals surface area contributed by atoms with Crippen molar-refractivity contribution >= 4 is 28.9 Å². The lowest BCUT2D eigenvalue weighted by molar-refractivity contribution is -0.139. The molecule has 0 aliphatic carbocycles. The fourth-order valence-corrected chi connectivity index (χ4v) is 2.17. The molecule has 0 aromatic heterocycles. The zero-order chi connectivity index (χ0) is 13.0. The van der Waals surface area contributed by atoms with Crippen LogP contribution in [0, 0.1) is 0 Å². The number of carbonyl (C=O) groups excluding carboxylic acids is 1. The molecule has 1 aromatic carbocycles. The van der Waals surface area contributed by atoms with Gasteiger partial charge in [-0.3, -0.25) is 0 Å². The van der Waals surface area contributed by atoms with Gasteiger partial charge in [0.2, 0.25) is 0 Å². The molecule has 0 saturated carbocycles. The predicted octanol–water partition coefficient (Wildman–Crippen LogP) is 1.48. The summed E-state index contributed by atoms with van der Waals surface area (Å²) in [6.07, 6.45) is 1.30. The van der Waals surface area contributed by atoms with Crippen molar-refractivity contribution in [1.29, 1.82) is 0 Å². The van der Waals surface area contributed by atoms with E-state index in [1.54, 1.807) is 0 Å². The fraction of sp³-hybridized carbons (Fsp3) is 0.385. The maximum Gasteiger partial charge on any atom is 0.328 e. The van der Waals surface area contributed by atoms with E-state index in [9.17, 15) is 4.79 Å². The van der Waals surface area contributed by atoms with E-state index in [0.29, 0.717) is 31.0 Å². The summed E-state index contributed by atoms with van der Waals surface area (Å²) in [6, 6.07) is 9.58. The summed E-state index contributed by atoms with van der Waals surface area (Å²) in [5, 5.41) is 0. The minimum absolute atomic E-state index is 0.165. The molecule has 1 fully saturated rings. The number of thiocarbonyl (C=S) groups is 1. The van der Waals surface area contributed by atoms with Gasteiger partial charge >= 0.3 is 5.97 Å². The third kappa shape index (κ3) is 2.98. The van der Waals surface area contributed by atoms with E-state index in [4.69, 9.17) is 22.7 Å². The van der Waals surface area contributed by atoms with E-state index >= 15 is 0 Å². The van der Waals surface area contributed by atoms with Crippen LogP contribution >= 0.6 is 12.2 Å². The van der Waals surface area contributed by atoms with Gasteiger partial charge in [0, 0.05) is 25.1 Å². The average molecular weight is 264 g/mol. The smallest absolute Gasteiger partial charge is 0.328 e. The molecule has 1 aliphatic rings. The third-order valence-electron chi connectivity index (χ3n) is 2.97. The molecule has 0 amide bonds. The lowest BCUT2D eigenvalue weighted by Gasteiger charge is -2.28. The van der Waals surface area contributed by atoms with E-state index < -0.39 is 0 Å². The topological polar surface area (TPSA) is 55.6 Å². The molecule has 0 spiro atoms. The molecule has 1 atom stereocenters. The number of hydrogen-bond donors (Lipinski definition) is 1. The summed E-state index contributed by atoms with van der Waals surface area (Å²) in [7, 11) is 0. The second kappa shape index (κ2) is 5.82. The maximum atomic E-state index is 11.7. The van der Waals surface area contributed by atoms with E-state index in [2.05, 4.69) is 0 Å². The van der Waals surface area contributed by atoms with Crippen LogP contribution in [0.3, 0.4) is 0 Å². The van der Waals surface area contributed by atoms with Gasteiger partial charge in [-0.1, -0.05) is 30.4 Å². The molecule has 1 aliphatic heterocycles. The zero-order valence-corrected chi connectivity index (χ0v) is 10.9. The fourth-order valence-electron chi connectivity index (χ4n) is 2.08. The molecule has 2 rings (SSSR count). The number of para-hydroxylation sites is 1. The van der Waals surface area contributed by atoms with Crippen molar-refractivity contribution in [1.82, 2.24) is 0 Å². The van der Waals surface area contributed by atoms with Gasteiger partial charge < -0.3 is 15.4 Å². The van der Waals surface area contributed by atoms with Crippen molar-refractivity contribution in [2.24, 2.45) is 5.73 Å². The van der Waals surface area contributed by atoms with Gasteiger partial charge in [0.25, 0.3) is 0 Å². The molecule has 0 bridgehead atoms. The Morgan fingerprint density at radius 3 is 2.72 bits per heavy atom. The minimum atomic E-state index is -0.221. The van der Waals surface area contributed by atoms with E-state index in [1.165, 1.54) is 0 Å². The first kappa shape index (κ1) is 12.8. The number of cyclic esters (lactones) is 1. The zero-order valence-electron chi connectivity index (χ0n) is 10.0. The number of nitrogens with zero attached hydrogens (tertiary/aromatic N) is 1. The van der Waals surface area contributed by atoms with Crippen LogP contribution in [0.25, 0.3) is 0 Å². The third-order valence-corrected chi connectivity index (χ3v) is 3.17. The molecule has 4 nitrogen and oxygen atoms in total. The summed E-state index contributed by atoms with van der Waals surface area (Å²) in [5.41, 5.74) is 6.54. The Morgan fingerprint density at radius 2 is 2.17 bits per heavy atom. The van der Waals surface area contributed by atoms with E-state index in [0.717, 1.165) is 5.69 Å². The lowest BCUT2D eigenvalue weighted by Crippen LogP contribution is -2.40. The second-order valence-electron chi connectivity index (χ2n) is 4.22. The first-order valence-corrected chi connectivity index (χ1v) is 6.36. The van der Waals surface area contributed by atoms with Gasteiger partial charge in [0.05, 0.1) is 11.6 Å². The standard InChI is InChI=1S/C13H16N2O2S/c14-12(18)6-8-15(10-4-2-1-3-5-10)11-7-9-17-13(11)16/h1-5,11H,6-9H2,(H2,14,18). The number of nitrogens with two attached hydrogens (primary N) is 1. The first-order chi connectivity index (χ1) is 8.68. The summed E-state index contributed by atoms with van der Waals surface area (Å²) < 4.78 is 5.03. The van der Waals surface area contributed by atoms with Crippen molar-refractivity contribution in [3.63, 3.8) is 0 Å². The number of ether oxygens (including phenoxy) is 1. The van der Waals surface area contributed by atoms with Gasteiger partial charge in [-0.05, 0) is 12.1 Å². The number of rotatable bonds is 5. The highest BCUT2D eigenvalue weighted by molar-refractivity contribution is 7.80. The highest BCUT2D eigenvalue weighted by atomic mass is 32.1. The summed E-state index contributed by atoms with van der Waals surface area (Å²) in [6.45, 7) is 1.12. The highest BCUT2D eigenvalue weighted by Crippen LogP contribution is 2.22. The van der Waals surface area contributed by atoms with Crippen molar-refractivity contribution in [2.45, 2.75) is 18.9 Å². The Kier molecular flexibility index (Phi) is 4.15. The number of carbonyl (C=O) groups is 1. The van der Waals surface area contributed by atoms with Crippen LogP contribution < -0.4 is 10.6 Å². The molecule has 2 N–H and O–H groups in total. The normalized spacial score (nSPS) is 18.4. The second-order valence-corrected chi connectivity index (χ2v) is 4.74. The lowest BCUT2D eigenvalue weighted by atomic mass is 10.1. The Morgan fingerprint density at radius 1 is 1.44 bits per heavy atom. The molecule has 1 aromatic rings. The Bertz CT molecular complexity index is 436. The van der Waals surface area contributed by atoms with Gasteiger partial charge in [-0.15, -0.1) is 0 Å². The molecular formula is C13H16N2O2S. The quantitative estimate of drug-likeness (QED) is 0.645. The van der Waals surface area contributed by atoms with E-state index in [1.807, 2.05) is 35.2 Å². The van der Waals surface area contributed by atoms with Gasteiger partial charge in [0.1, 0.15) is 6.04 Å². The minimum Gasteiger partial charge on any atom is -0.464 e. The first-order valence-electron chi connectivity index (χ1n) is 5.95. The monoisotopic (exact) mass is 264 g/mol. The molecule has 1 heterocycles. The van der Waals surface area contributed by atoms with E-state index in [-0.39, 0.29) is 12.0 Å². The maximum absolute atomic E-state index is 11.7. The number of anilines is 1. The Balaban J connectivity index is 2.17. The van der Waals surface area contributed by atoms with Crippen LogP contribution in [0.1, 0.15) is 12.8 Å². The molecule has 1 unspecified atom stereocenters. The van der Waals surface area contributed by atoms with Crippen LogP contribution in [0.15, 0.2) is 30.3 Å². The van der Waals surface area contributed by atoms with Crippen LogP contribution in [0.4, 0.5) is 5.69 Å². The van der Waals surface area contributed by atoms with Gasteiger partial charge in [-0.2, -0.15) is 0 Å². The summed E-state index contributed by atoms with van der Waals surface area (Å²) >= 11 is 4.90. The number of hydrogen-bond acceptors (Lipinski definition) is 4. The van der Waals surface area contributed by atoms with Gasteiger partial charge in [-0.25, -0.2) is 4.79 Å². The molecule has 0 radical (unpaired) electrons. The SMILES string of the molecule is NC(=S)CCN(c1ccccc1)C1CCOC1=O. The molecule has 18 heavy (non-hydrogen) atoms. The Hall–Kier alpha value is -1.62. The van der Waals surface area contributed by atoms with Crippen molar-refractivity contribution in [3.05, 3.63) is 30.3 Å². The molecule has 96 valence electrons. The van der Waals surface area contributed by atoms with Crippen LogP contribution in [0.5, 0.6) is 0 Å².